The van der Waals surface area contributed by atoms with Gasteiger partial charge in [0.25, 0.3) is 0 Å². The lowest BCUT2D eigenvalue weighted by Gasteiger charge is -2.32. The number of benzene rings is 1. The van der Waals surface area contributed by atoms with E-state index in [1.165, 1.54) is 43.6 Å². The Morgan fingerprint density at radius 2 is 2.20 bits per heavy atom. The Kier molecular flexibility index (Phi) is 5.06. The predicted octanol–water partition coefficient (Wildman–Crippen LogP) is 4.23. The summed E-state index contributed by atoms with van der Waals surface area (Å²) in [6.07, 6.45) is 6.81. The highest BCUT2D eigenvalue weighted by atomic mass is 32.2. The van der Waals surface area contributed by atoms with Gasteiger partial charge in [0.15, 0.2) is 0 Å². The van der Waals surface area contributed by atoms with E-state index in [4.69, 9.17) is 0 Å². The summed E-state index contributed by atoms with van der Waals surface area (Å²) >= 11 is 2.14. The third-order valence-electron chi connectivity index (χ3n) is 5.03. The average Bonchev–Trinajstić information content (AvgIpc) is 3.01. The molecule has 1 fully saturated rings. The van der Waals surface area contributed by atoms with Crippen LogP contribution in [0.3, 0.4) is 0 Å². The first-order valence-electron chi connectivity index (χ1n) is 8.27. The van der Waals surface area contributed by atoms with Crippen molar-refractivity contribution in [2.24, 2.45) is 5.92 Å². The molecule has 1 nitrogen and oxygen atoms in total. The van der Waals surface area contributed by atoms with E-state index in [-0.39, 0.29) is 0 Å². The molecule has 1 heterocycles. The van der Waals surface area contributed by atoms with E-state index >= 15 is 0 Å². The minimum Gasteiger partial charge on any atom is -0.314 e. The van der Waals surface area contributed by atoms with Crippen molar-refractivity contribution in [3.63, 3.8) is 0 Å². The molecule has 0 aromatic heterocycles. The van der Waals surface area contributed by atoms with E-state index in [0.717, 1.165) is 24.4 Å². The highest BCUT2D eigenvalue weighted by molar-refractivity contribution is 7.99. The lowest BCUT2D eigenvalue weighted by Crippen LogP contribution is -2.38. The Morgan fingerprint density at radius 1 is 1.30 bits per heavy atom. The molecule has 1 aromatic rings. The van der Waals surface area contributed by atoms with Crippen molar-refractivity contribution >= 4 is 11.8 Å². The van der Waals surface area contributed by atoms with Crippen molar-refractivity contribution in [1.82, 2.24) is 5.32 Å². The minimum atomic E-state index is 0.728. The van der Waals surface area contributed by atoms with Crippen molar-refractivity contribution < 1.29 is 0 Å². The Labute approximate surface area is 127 Å². The molecular formula is C18H27NS. The standard InChI is InChI=1S/C18H27NS/c1-2-19-18(16-10-11-20-13-16)12-15-8-5-7-14-6-3-4-9-17(14)15/h3-4,6,9,15-16,18-19H,2,5,7-8,10-13H2,1H3. The third kappa shape index (κ3) is 3.23. The van der Waals surface area contributed by atoms with Crippen LogP contribution in [0.1, 0.15) is 49.7 Å². The third-order valence-corrected chi connectivity index (χ3v) is 6.22. The number of hydrogen-bond acceptors (Lipinski definition) is 2. The molecule has 3 unspecified atom stereocenters. The fourth-order valence-corrected chi connectivity index (χ4v) is 5.32. The van der Waals surface area contributed by atoms with E-state index in [0.29, 0.717) is 0 Å². The van der Waals surface area contributed by atoms with E-state index in [1.807, 2.05) is 0 Å². The first-order chi connectivity index (χ1) is 9.88. The summed E-state index contributed by atoms with van der Waals surface area (Å²) in [5.41, 5.74) is 3.26. The van der Waals surface area contributed by atoms with Crippen molar-refractivity contribution in [3.05, 3.63) is 35.4 Å². The average molecular weight is 289 g/mol. The maximum atomic E-state index is 3.79. The van der Waals surface area contributed by atoms with Gasteiger partial charge in [-0.2, -0.15) is 11.8 Å². The molecule has 1 saturated heterocycles. The monoisotopic (exact) mass is 289 g/mol. The lowest BCUT2D eigenvalue weighted by molar-refractivity contribution is 0.332. The Bertz CT molecular complexity index is 425. The van der Waals surface area contributed by atoms with Gasteiger partial charge in [0.1, 0.15) is 0 Å². The Balaban J connectivity index is 1.72. The summed E-state index contributed by atoms with van der Waals surface area (Å²) < 4.78 is 0. The summed E-state index contributed by atoms with van der Waals surface area (Å²) in [6, 6.07) is 9.88. The minimum absolute atomic E-state index is 0.728. The summed E-state index contributed by atoms with van der Waals surface area (Å²) in [7, 11) is 0. The fourth-order valence-electron chi connectivity index (χ4n) is 3.98. The molecule has 3 atom stereocenters. The van der Waals surface area contributed by atoms with Gasteiger partial charge in [-0.25, -0.2) is 0 Å². The highest BCUT2D eigenvalue weighted by Crippen LogP contribution is 2.37. The number of fused-ring (bicyclic) bond motifs is 1. The van der Waals surface area contributed by atoms with Gasteiger partial charge >= 0.3 is 0 Å². The number of rotatable bonds is 5. The zero-order valence-electron chi connectivity index (χ0n) is 12.6. The van der Waals surface area contributed by atoms with Crippen LogP contribution in [0.15, 0.2) is 24.3 Å². The molecule has 2 aliphatic rings. The fraction of sp³-hybridized carbons (Fsp3) is 0.667. The molecule has 0 bridgehead atoms. The van der Waals surface area contributed by atoms with Crippen molar-refractivity contribution in [1.29, 1.82) is 0 Å². The molecule has 0 spiro atoms. The Hall–Kier alpha value is -0.470. The molecule has 20 heavy (non-hydrogen) atoms. The zero-order valence-corrected chi connectivity index (χ0v) is 13.4. The van der Waals surface area contributed by atoms with Crippen LogP contribution in [0.4, 0.5) is 0 Å². The highest BCUT2D eigenvalue weighted by Gasteiger charge is 2.29. The lowest BCUT2D eigenvalue weighted by atomic mass is 9.77. The SMILES string of the molecule is CCNC(CC1CCCc2ccccc21)C1CCSC1. The predicted molar refractivity (Wildman–Crippen MR) is 89.6 cm³/mol. The largest absolute Gasteiger partial charge is 0.314 e. The van der Waals surface area contributed by atoms with Crippen LogP contribution < -0.4 is 5.32 Å². The van der Waals surface area contributed by atoms with Crippen molar-refractivity contribution in [3.8, 4) is 0 Å². The molecule has 1 aliphatic carbocycles. The Morgan fingerprint density at radius 3 is 3.00 bits per heavy atom. The van der Waals surface area contributed by atoms with Gasteiger partial charge in [-0.15, -0.1) is 0 Å². The van der Waals surface area contributed by atoms with Crippen molar-refractivity contribution in [2.75, 3.05) is 18.1 Å². The van der Waals surface area contributed by atoms with E-state index in [2.05, 4.69) is 48.3 Å². The molecule has 1 aliphatic heterocycles. The molecule has 0 radical (unpaired) electrons. The van der Waals surface area contributed by atoms with E-state index in [1.54, 1.807) is 11.1 Å². The van der Waals surface area contributed by atoms with Crippen LogP contribution in [0, 0.1) is 5.92 Å². The zero-order chi connectivity index (χ0) is 13.8. The quantitative estimate of drug-likeness (QED) is 0.870. The normalized spacial score (nSPS) is 27.2. The van der Waals surface area contributed by atoms with Crippen LogP contribution in [-0.4, -0.2) is 24.1 Å². The molecule has 3 rings (SSSR count). The molecule has 1 N–H and O–H groups in total. The van der Waals surface area contributed by atoms with Gasteiger partial charge < -0.3 is 5.32 Å². The second-order valence-corrected chi connectivity index (χ2v) is 7.46. The molecule has 0 saturated carbocycles. The number of aryl methyl sites for hydroxylation is 1. The second-order valence-electron chi connectivity index (χ2n) is 6.31. The molecular weight excluding hydrogens is 262 g/mol. The van der Waals surface area contributed by atoms with E-state index in [9.17, 15) is 0 Å². The summed E-state index contributed by atoms with van der Waals surface area (Å²) in [5, 5.41) is 3.79. The second kappa shape index (κ2) is 7.00. The maximum Gasteiger partial charge on any atom is 0.0109 e. The van der Waals surface area contributed by atoms with E-state index < -0.39 is 0 Å². The summed E-state index contributed by atoms with van der Waals surface area (Å²) in [5.74, 6) is 4.42. The van der Waals surface area contributed by atoms with Gasteiger partial charge in [-0.1, -0.05) is 31.2 Å². The van der Waals surface area contributed by atoms with Crippen LogP contribution in [0.25, 0.3) is 0 Å². The van der Waals surface area contributed by atoms with Gasteiger partial charge in [-0.3, -0.25) is 0 Å². The smallest absolute Gasteiger partial charge is 0.0109 e. The molecule has 2 heteroatoms. The first kappa shape index (κ1) is 14.5. The van der Waals surface area contributed by atoms with Gasteiger partial charge in [0.05, 0.1) is 0 Å². The van der Waals surface area contributed by atoms with Gasteiger partial charge in [-0.05, 0) is 73.1 Å². The van der Waals surface area contributed by atoms with Gasteiger partial charge in [0.2, 0.25) is 0 Å². The number of nitrogens with one attached hydrogen (secondary N) is 1. The maximum absolute atomic E-state index is 3.79. The van der Waals surface area contributed by atoms with Crippen LogP contribution in [0.2, 0.25) is 0 Å². The van der Waals surface area contributed by atoms with Crippen LogP contribution in [0.5, 0.6) is 0 Å². The van der Waals surface area contributed by atoms with Crippen molar-refractivity contribution in [2.45, 2.75) is 51.0 Å². The summed E-state index contributed by atoms with van der Waals surface area (Å²) in [6.45, 7) is 3.37. The first-order valence-corrected chi connectivity index (χ1v) is 9.43. The number of hydrogen-bond donors (Lipinski definition) is 1. The van der Waals surface area contributed by atoms with Crippen LogP contribution in [-0.2, 0) is 6.42 Å². The molecule has 1 aromatic carbocycles. The molecule has 110 valence electrons. The van der Waals surface area contributed by atoms with Gasteiger partial charge in [0, 0.05) is 6.04 Å². The summed E-state index contributed by atoms with van der Waals surface area (Å²) in [4.78, 5) is 0. The molecule has 0 amide bonds. The number of thioether (sulfide) groups is 1. The topological polar surface area (TPSA) is 12.0 Å². The van der Waals surface area contributed by atoms with Crippen LogP contribution >= 0.6 is 11.8 Å².